The number of aliphatic hydroxyl groups excluding tert-OH is 2. The van der Waals surface area contributed by atoms with Gasteiger partial charge in [0.1, 0.15) is 30.5 Å². The Kier molecular flexibility index (Phi) is 5.58. The highest BCUT2D eigenvalue weighted by atomic mass is 16.5. The van der Waals surface area contributed by atoms with Crippen molar-refractivity contribution in [1.82, 2.24) is 0 Å². The number of ether oxygens (including phenoxy) is 3. The number of aliphatic hydroxyl groups is 2. The Balaban J connectivity index is 2.31. The van der Waals surface area contributed by atoms with E-state index in [0.29, 0.717) is 18.1 Å². The summed E-state index contributed by atoms with van der Waals surface area (Å²) in [7, 11) is 0. The Morgan fingerprint density at radius 3 is 1.84 bits per heavy atom. The second-order valence-electron chi connectivity index (χ2n) is 5.49. The molecule has 0 aliphatic carbocycles. The van der Waals surface area contributed by atoms with Gasteiger partial charge in [-0.1, -0.05) is 24.3 Å². The summed E-state index contributed by atoms with van der Waals surface area (Å²) in [5.41, 5.74) is 0. The average molecular weight is 342 g/mol. The van der Waals surface area contributed by atoms with Crippen LogP contribution < -0.4 is 14.2 Å². The van der Waals surface area contributed by atoms with Gasteiger partial charge in [0.2, 0.25) is 0 Å². The Hall–Kier alpha value is -2.50. The fourth-order valence-electron chi connectivity index (χ4n) is 2.94. The maximum Gasteiger partial charge on any atom is 0.135 e. The molecule has 0 atom stereocenters. The Bertz CT molecular complexity index is 859. The van der Waals surface area contributed by atoms with Crippen molar-refractivity contribution >= 4 is 21.5 Å². The number of benzene rings is 3. The van der Waals surface area contributed by atoms with Crippen LogP contribution in [0, 0.1) is 0 Å². The SMILES string of the molecule is CCOc1ccc2c(OCCO)c3ccccc3c(OCCO)c2c1. The van der Waals surface area contributed by atoms with Crippen LogP contribution in [-0.2, 0) is 0 Å². The summed E-state index contributed by atoms with van der Waals surface area (Å²) in [6, 6.07) is 13.5. The second kappa shape index (κ2) is 8.05. The molecule has 0 saturated carbocycles. The lowest BCUT2D eigenvalue weighted by Gasteiger charge is -2.18. The first-order chi connectivity index (χ1) is 12.3. The van der Waals surface area contributed by atoms with Crippen molar-refractivity contribution in [3.8, 4) is 17.2 Å². The maximum absolute atomic E-state index is 9.18. The van der Waals surface area contributed by atoms with E-state index in [1.165, 1.54) is 0 Å². The van der Waals surface area contributed by atoms with Crippen LogP contribution in [0.25, 0.3) is 21.5 Å². The summed E-state index contributed by atoms with van der Waals surface area (Å²) in [6.45, 7) is 2.79. The summed E-state index contributed by atoms with van der Waals surface area (Å²) < 4.78 is 17.3. The van der Waals surface area contributed by atoms with Crippen molar-refractivity contribution in [1.29, 1.82) is 0 Å². The highest BCUT2D eigenvalue weighted by Crippen LogP contribution is 2.43. The van der Waals surface area contributed by atoms with E-state index in [-0.39, 0.29) is 26.4 Å². The fraction of sp³-hybridized carbons (Fsp3) is 0.300. The van der Waals surface area contributed by atoms with E-state index in [4.69, 9.17) is 19.3 Å². The van der Waals surface area contributed by atoms with Crippen LogP contribution in [0.3, 0.4) is 0 Å². The van der Waals surface area contributed by atoms with E-state index in [1.54, 1.807) is 0 Å². The van der Waals surface area contributed by atoms with Crippen LogP contribution in [0.15, 0.2) is 42.5 Å². The third-order valence-electron chi connectivity index (χ3n) is 3.88. The van der Waals surface area contributed by atoms with E-state index in [1.807, 2.05) is 49.4 Å². The van der Waals surface area contributed by atoms with Crippen molar-refractivity contribution in [2.24, 2.45) is 0 Å². The third kappa shape index (κ3) is 3.48. The first-order valence-electron chi connectivity index (χ1n) is 8.38. The lowest BCUT2D eigenvalue weighted by Crippen LogP contribution is -2.05. The molecule has 0 radical (unpaired) electrons. The molecule has 25 heavy (non-hydrogen) atoms. The van der Waals surface area contributed by atoms with Gasteiger partial charge in [-0.3, -0.25) is 0 Å². The zero-order chi connectivity index (χ0) is 17.6. The molecule has 0 bridgehead atoms. The molecule has 5 heteroatoms. The molecule has 0 spiro atoms. The molecule has 0 fully saturated rings. The van der Waals surface area contributed by atoms with Gasteiger partial charge in [-0.05, 0) is 25.1 Å². The molecule has 5 nitrogen and oxygen atoms in total. The van der Waals surface area contributed by atoms with E-state index in [0.717, 1.165) is 27.3 Å². The number of hydrogen-bond donors (Lipinski definition) is 2. The van der Waals surface area contributed by atoms with E-state index >= 15 is 0 Å². The molecule has 3 aromatic rings. The Morgan fingerprint density at radius 2 is 1.28 bits per heavy atom. The second-order valence-corrected chi connectivity index (χ2v) is 5.49. The van der Waals surface area contributed by atoms with Crippen LogP contribution in [0.5, 0.6) is 17.2 Å². The summed E-state index contributed by atoms with van der Waals surface area (Å²) >= 11 is 0. The largest absolute Gasteiger partial charge is 0.494 e. The average Bonchev–Trinajstić information content (AvgIpc) is 2.64. The van der Waals surface area contributed by atoms with Crippen molar-refractivity contribution in [2.75, 3.05) is 33.0 Å². The molecule has 0 amide bonds. The lowest BCUT2D eigenvalue weighted by atomic mass is 10.00. The molecule has 0 aliphatic heterocycles. The van der Waals surface area contributed by atoms with Gasteiger partial charge in [0, 0.05) is 21.5 Å². The summed E-state index contributed by atoms with van der Waals surface area (Å²) in [5.74, 6) is 2.14. The summed E-state index contributed by atoms with van der Waals surface area (Å²) in [5, 5.41) is 21.9. The van der Waals surface area contributed by atoms with Gasteiger partial charge >= 0.3 is 0 Å². The van der Waals surface area contributed by atoms with Gasteiger partial charge in [0.05, 0.1) is 19.8 Å². The molecule has 0 saturated heterocycles. The standard InChI is InChI=1S/C20H22O5/c1-2-23-14-7-8-17-18(13-14)20(25-12-10-22)16-6-4-3-5-15(16)19(17)24-11-9-21/h3-8,13,21-22H,2,9-12H2,1H3. The monoisotopic (exact) mass is 342 g/mol. The van der Waals surface area contributed by atoms with Crippen LogP contribution in [0.1, 0.15) is 6.92 Å². The summed E-state index contributed by atoms with van der Waals surface area (Å²) in [6.07, 6.45) is 0. The minimum Gasteiger partial charge on any atom is -0.494 e. The third-order valence-corrected chi connectivity index (χ3v) is 3.88. The van der Waals surface area contributed by atoms with Gasteiger partial charge in [0.15, 0.2) is 0 Å². The minimum atomic E-state index is -0.0657. The Morgan fingerprint density at radius 1 is 0.720 bits per heavy atom. The molecule has 0 unspecified atom stereocenters. The Labute approximate surface area is 146 Å². The van der Waals surface area contributed by atoms with Crippen LogP contribution >= 0.6 is 0 Å². The number of hydrogen-bond acceptors (Lipinski definition) is 5. The lowest BCUT2D eigenvalue weighted by molar-refractivity contribution is 0.202. The molecular formula is C20H22O5. The normalized spacial score (nSPS) is 11.0. The van der Waals surface area contributed by atoms with Gasteiger partial charge in [0.25, 0.3) is 0 Å². The smallest absolute Gasteiger partial charge is 0.135 e. The van der Waals surface area contributed by atoms with Crippen molar-refractivity contribution in [3.05, 3.63) is 42.5 Å². The molecule has 132 valence electrons. The zero-order valence-corrected chi connectivity index (χ0v) is 14.2. The predicted octanol–water partition coefficient (Wildman–Crippen LogP) is 3.13. The number of fused-ring (bicyclic) bond motifs is 2. The molecule has 0 heterocycles. The fourth-order valence-corrected chi connectivity index (χ4v) is 2.94. The van der Waals surface area contributed by atoms with Gasteiger partial charge in [-0.15, -0.1) is 0 Å². The highest BCUT2D eigenvalue weighted by Gasteiger charge is 2.16. The molecule has 0 aliphatic rings. The van der Waals surface area contributed by atoms with Crippen molar-refractivity contribution in [3.63, 3.8) is 0 Å². The van der Waals surface area contributed by atoms with E-state index < -0.39 is 0 Å². The van der Waals surface area contributed by atoms with Crippen molar-refractivity contribution < 1.29 is 24.4 Å². The molecule has 3 aromatic carbocycles. The zero-order valence-electron chi connectivity index (χ0n) is 14.2. The first kappa shape index (κ1) is 17.3. The minimum absolute atomic E-state index is 0.0599. The maximum atomic E-state index is 9.18. The topological polar surface area (TPSA) is 68.2 Å². The summed E-state index contributed by atoms with van der Waals surface area (Å²) in [4.78, 5) is 0. The molecular weight excluding hydrogens is 320 g/mol. The van der Waals surface area contributed by atoms with E-state index in [9.17, 15) is 5.11 Å². The van der Waals surface area contributed by atoms with Crippen LogP contribution in [0.2, 0.25) is 0 Å². The first-order valence-corrected chi connectivity index (χ1v) is 8.38. The van der Waals surface area contributed by atoms with Crippen molar-refractivity contribution in [2.45, 2.75) is 6.92 Å². The van der Waals surface area contributed by atoms with Gasteiger partial charge in [-0.25, -0.2) is 0 Å². The predicted molar refractivity (Wildman–Crippen MR) is 97.8 cm³/mol. The highest BCUT2D eigenvalue weighted by molar-refractivity contribution is 6.11. The quantitative estimate of drug-likeness (QED) is 0.616. The molecule has 2 N–H and O–H groups in total. The van der Waals surface area contributed by atoms with Crippen LogP contribution in [0.4, 0.5) is 0 Å². The van der Waals surface area contributed by atoms with Gasteiger partial charge in [-0.2, -0.15) is 0 Å². The van der Waals surface area contributed by atoms with Gasteiger partial charge < -0.3 is 24.4 Å². The molecule has 3 rings (SSSR count). The van der Waals surface area contributed by atoms with E-state index in [2.05, 4.69) is 0 Å². The molecule has 0 aromatic heterocycles. The van der Waals surface area contributed by atoms with Crippen LogP contribution in [-0.4, -0.2) is 43.2 Å². The number of rotatable bonds is 8.